The maximum Gasteiger partial charge on any atom is 0.435 e. The largest absolute Gasteiger partial charge is 0.500 e. The predicted octanol–water partition coefficient (Wildman–Crippen LogP) is 4.80. The summed E-state index contributed by atoms with van der Waals surface area (Å²) >= 11 is 0. The molecule has 0 aliphatic carbocycles. The van der Waals surface area contributed by atoms with E-state index in [4.69, 9.17) is 4.74 Å². The molecule has 0 amide bonds. The van der Waals surface area contributed by atoms with Gasteiger partial charge in [-0.15, -0.1) is 0 Å². The van der Waals surface area contributed by atoms with Gasteiger partial charge >= 0.3 is 6.18 Å². The Kier molecular flexibility index (Phi) is 5.76. The summed E-state index contributed by atoms with van der Waals surface area (Å²) in [6, 6.07) is 14.2. The third kappa shape index (κ3) is 4.73. The monoisotopic (exact) mass is 436 g/mol. The molecule has 0 saturated carbocycles. The van der Waals surface area contributed by atoms with Crippen LogP contribution in [0.15, 0.2) is 71.8 Å². The topological polar surface area (TPSA) is 61.2 Å². The minimum absolute atomic E-state index is 0.0277. The summed E-state index contributed by atoms with van der Waals surface area (Å²) in [5.74, 6) is 0.266. The van der Waals surface area contributed by atoms with Crippen LogP contribution in [0.1, 0.15) is 5.69 Å². The molecule has 1 aromatic heterocycles. The summed E-state index contributed by atoms with van der Waals surface area (Å²) in [6.45, 7) is 3.62. The van der Waals surface area contributed by atoms with Crippen molar-refractivity contribution in [1.82, 2.24) is 9.78 Å². The summed E-state index contributed by atoms with van der Waals surface area (Å²) in [4.78, 5) is 0.190. The van der Waals surface area contributed by atoms with E-state index in [1.54, 1.807) is 42.5 Å². The molecule has 0 bridgehead atoms. The molecule has 9 heteroatoms. The quantitative estimate of drug-likeness (QED) is 0.521. The molecule has 0 N–H and O–H groups in total. The maximum absolute atomic E-state index is 13.2. The van der Waals surface area contributed by atoms with E-state index in [9.17, 15) is 21.6 Å². The molecular weight excluding hydrogens is 417 g/mol. The SMILES string of the molecule is C=C(Cn1nc(C(F)(F)F)cc1-c1ccc(-c2cccc(S(C)(=O)=O)c2)cc1)OC. The molecule has 0 radical (unpaired) electrons. The Balaban J connectivity index is 2.00. The van der Waals surface area contributed by atoms with Crippen LogP contribution in [0, 0.1) is 0 Å². The number of aromatic nitrogens is 2. The van der Waals surface area contributed by atoms with Crippen LogP contribution in [-0.4, -0.2) is 31.6 Å². The number of hydrogen-bond donors (Lipinski definition) is 0. The van der Waals surface area contributed by atoms with Crippen molar-refractivity contribution in [1.29, 1.82) is 0 Å². The van der Waals surface area contributed by atoms with Gasteiger partial charge in [-0.3, -0.25) is 4.68 Å². The molecule has 30 heavy (non-hydrogen) atoms. The van der Waals surface area contributed by atoms with Gasteiger partial charge in [-0.05, 0) is 34.9 Å². The van der Waals surface area contributed by atoms with Crippen molar-refractivity contribution in [3.63, 3.8) is 0 Å². The second-order valence-corrected chi connectivity index (χ2v) is 8.71. The fourth-order valence-corrected chi connectivity index (χ4v) is 3.55. The average molecular weight is 436 g/mol. The number of ether oxygens (including phenoxy) is 1. The zero-order valence-corrected chi connectivity index (χ0v) is 17.1. The van der Waals surface area contributed by atoms with Crippen molar-refractivity contribution in [2.24, 2.45) is 0 Å². The van der Waals surface area contributed by atoms with Crippen LogP contribution in [0.2, 0.25) is 0 Å². The predicted molar refractivity (Wildman–Crippen MR) is 107 cm³/mol. The highest BCUT2D eigenvalue weighted by molar-refractivity contribution is 7.90. The first-order chi connectivity index (χ1) is 14.0. The molecule has 0 saturated heterocycles. The summed E-state index contributed by atoms with van der Waals surface area (Å²) in [5, 5.41) is 3.65. The maximum atomic E-state index is 13.2. The lowest BCUT2D eigenvalue weighted by molar-refractivity contribution is -0.141. The van der Waals surface area contributed by atoms with E-state index < -0.39 is 21.7 Å². The lowest BCUT2D eigenvalue weighted by Gasteiger charge is -2.10. The first-order valence-electron chi connectivity index (χ1n) is 8.77. The molecule has 158 valence electrons. The van der Waals surface area contributed by atoms with Crippen molar-refractivity contribution in [2.75, 3.05) is 13.4 Å². The third-order valence-electron chi connectivity index (χ3n) is 4.46. The molecular formula is C21H19F3N2O3S. The summed E-state index contributed by atoms with van der Waals surface area (Å²) < 4.78 is 69.2. The first-order valence-corrected chi connectivity index (χ1v) is 10.7. The number of rotatable bonds is 6. The number of methoxy groups -OCH3 is 1. The molecule has 0 aliphatic heterocycles. The highest BCUT2D eigenvalue weighted by atomic mass is 32.2. The molecule has 0 spiro atoms. The highest BCUT2D eigenvalue weighted by Gasteiger charge is 2.35. The van der Waals surface area contributed by atoms with Gasteiger partial charge in [-0.25, -0.2) is 8.42 Å². The fourth-order valence-electron chi connectivity index (χ4n) is 2.88. The van der Waals surface area contributed by atoms with Crippen LogP contribution >= 0.6 is 0 Å². The number of hydrogen-bond acceptors (Lipinski definition) is 4. The van der Waals surface area contributed by atoms with E-state index in [2.05, 4.69) is 11.7 Å². The standard InChI is InChI=1S/C21H19F3N2O3S/c1-14(29-2)13-26-19(12-20(25-26)21(22,23)24)16-9-7-15(8-10-16)17-5-4-6-18(11-17)30(3,27)28/h4-12H,1,13H2,2-3H3. The molecule has 0 atom stereocenters. The van der Waals surface area contributed by atoms with Gasteiger partial charge < -0.3 is 4.74 Å². The lowest BCUT2D eigenvalue weighted by Crippen LogP contribution is -2.09. The van der Waals surface area contributed by atoms with E-state index in [0.717, 1.165) is 17.9 Å². The minimum Gasteiger partial charge on any atom is -0.500 e. The Morgan fingerprint density at radius 3 is 2.27 bits per heavy atom. The smallest absolute Gasteiger partial charge is 0.435 e. The van der Waals surface area contributed by atoms with Crippen LogP contribution in [0.25, 0.3) is 22.4 Å². The van der Waals surface area contributed by atoms with Gasteiger partial charge in [0.1, 0.15) is 5.76 Å². The van der Waals surface area contributed by atoms with Crippen molar-refractivity contribution < 1.29 is 26.3 Å². The molecule has 1 heterocycles. The molecule has 2 aromatic carbocycles. The molecule has 0 aliphatic rings. The average Bonchev–Trinajstić information content (AvgIpc) is 3.11. The number of benzene rings is 2. The summed E-state index contributed by atoms with van der Waals surface area (Å²) in [5.41, 5.74) is 1.18. The molecule has 5 nitrogen and oxygen atoms in total. The van der Waals surface area contributed by atoms with Gasteiger partial charge in [0, 0.05) is 6.26 Å². The van der Waals surface area contributed by atoms with Crippen molar-refractivity contribution in [2.45, 2.75) is 17.6 Å². The van der Waals surface area contributed by atoms with E-state index in [1.807, 2.05) is 0 Å². The number of sulfone groups is 1. The van der Waals surface area contributed by atoms with Gasteiger partial charge in [-0.1, -0.05) is 43.0 Å². The van der Waals surface area contributed by atoms with E-state index >= 15 is 0 Å². The van der Waals surface area contributed by atoms with Gasteiger partial charge in [-0.2, -0.15) is 18.3 Å². The Morgan fingerprint density at radius 1 is 1.07 bits per heavy atom. The number of nitrogens with zero attached hydrogens (tertiary/aromatic N) is 2. The molecule has 0 unspecified atom stereocenters. The van der Waals surface area contributed by atoms with Crippen LogP contribution in [0.4, 0.5) is 13.2 Å². The molecule has 3 aromatic rings. The zero-order chi connectivity index (χ0) is 22.1. The molecule has 0 fully saturated rings. The summed E-state index contributed by atoms with van der Waals surface area (Å²) in [6.07, 6.45) is -3.46. The Morgan fingerprint density at radius 2 is 1.70 bits per heavy atom. The zero-order valence-electron chi connectivity index (χ0n) is 16.3. The Labute approximate surface area is 172 Å². The normalized spacial score (nSPS) is 12.0. The van der Waals surface area contributed by atoms with Gasteiger partial charge in [0.25, 0.3) is 0 Å². The first kappa shape index (κ1) is 21.6. The third-order valence-corrected chi connectivity index (χ3v) is 5.57. The fraction of sp³-hybridized carbons (Fsp3) is 0.190. The van der Waals surface area contributed by atoms with E-state index in [-0.39, 0.29) is 22.9 Å². The van der Waals surface area contributed by atoms with Crippen LogP contribution in [0.3, 0.4) is 0 Å². The van der Waals surface area contributed by atoms with Crippen LogP contribution in [-0.2, 0) is 27.3 Å². The number of allylic oxidation sites excluding steroid dienone is 1. The van der Waals surface area contributed by atoms with E-state index in [0.29, 0.717) is 11.1 Å². The molecule has 3 rings (SSSR count). The number of halogens is 3. The Bertz CT molecular complexity index is 1180. The van der Waals surface area contributed by atoms with Gasteiger partial charge in [0.2, 0.25) is 0 Å². The lowest BCUT2D eigenvalue weighted by atomic mass is 10.0. The van der Waals surface area contributed by atoms with Crippen molar-refractivity contribution >= 4 is 9.84 Å². The highest BCUT2D eigenvalue weighted by Crippen LogP contribution is 2.33. The van der Waals surface area contributed by atoms with Crippen LogP contribution < -0.4 is 0 Å². The second kappa shape index (κ2) is 7.98. The van der Waals surface area contributed by atoms with Crippen molar-refractivity contribution in [3.05, 3.63) is 72.6 Å². The van der Waals surface area contributed by atoms with E-state index in [1.165, 1.54) is 17.9 Å². The summed E-state index contributed by atoms with van der Waals surface area (Å²) in [7, 11) is -1.97. The minimum atomic E-state index is -4.58. The number of alkyl halides is 3. The Hall–Kier alpha value is -3.07. The van der Waals surface area contributed by atoms with Gasteiger partial charge in [0.05, 0.1) is 24.2 Å². The van der Waals surface area contributed by atoms with Crippen LogP contribution in [0.5, 0.6) is 0 Å². The van der Waals surface area contributed by atoms with Gasteiger partial charge in [0.15, 0.2) is 15.5 Å². The van der Waals surface area contributed by atoms with Crippen molar-refractivity contribution in [3.8, 4) is 22.4 Å². The second-order valence-electron chi connectivity index (χ2n) is 6.69.